The number of nitrogens with zero attached hydrogens (tertiary/aromatic N) is 1. The number of aldehydes is 1. The van der Waals surface area contributed by atoms with Crippen LogP contribution >= 0.6 is 0 Å². The quantitative estimate of drug-likeness (QED) is 0.773. The number of hydrogen-bond acceptors (Lipinski definition) is 4. The topological polar surface area (TPSA) is 83.6 Å². The van der Waals surface area contributed by atoms with E-state index >= 15 is 0 Å². The molecule has 6 heteroatoms. The predicted molar refractivity (Wildman–Crippen MR) is 92.7 cm³/mol. The Hall–Kier alpha value is -2.50. The van der Waals surface area contributed by atoms with Crippen LogP contribution in [0.4, 0.5) is 0 Å². The van der Waals surface area contributed by atoms with Gasteiger partial charge in [-0.15, -0.1) is 0 Å². The lowest BCUT2D eigenvalue weighted by molar-refractivity contribution is -0.131. The second kappa shape index (κ2) is 11.1. The van der Waals surface area contributed by atoms with Gasteiger partial charge in [0.15, 0.2) is 0 Å². The first kappa shape index (κ1) is 21.5. The van der Waals surface area contributed by atoms with E-state index in [2.05, 4.69) is 5.32 Å². The normalized spacial score (nSPS) is 10.7. The molecule has 0 spiro atoms. The summed E-state index contributed by atoms with van der Waals surface area (Å²) in [6.45, 7) is 7.53. The van der Waals surface area contributed by atoms with Crippen molar-refractivity contribution in [3.8, 4) is 0 Å². The number of imide groups is 1. The molecule has 0 radical (unpaired) electrons. The number of nitrogens with one attached hydrogen (secondary N) is 1. The predicted octanol–water partition coefficient (Wildman–Crippen LogP) is 2.02. The molecule has 0 saturated heterocycles. The zero-order chi connectivity index (χ0) is 18.7. The maximum atomic E-state index is 12.7. The first-order chi connectivity index (χ1) is 11.5. The second-order valence-corrected chi connectivity index (χ2v) is 4.96. The molecule has 0 aliphatic heterocycles. The fourth-order valence-electron chi connectivity index (χ4n) is 2.33. The number of benzene rings is 1. The van der Waals surface area contributed by atoms with Gasteiger partial charge in [0.1, 0.15) is 12.3 Å². The first-order valence-electron chi connectivity index (χ1n) is 7.97. The molecule has 0 aromatic heterocycles. The van der Waals surface area contributed by atoms with Gasteiger partial charge < -0.3 is 10.1 Å². The monoisotopic (exact) mass is 334 g/mol. The van der Waals surface area contributed by atoms with E-state index in [1.807, 2.05) is 19.9 Å². The summed E-state index contributed by atoms with van der Waals surface area (Å²) in [4.78, 5) is 47.4. The van der Waals surface area contributed by atoms with Gasteiger partial charge in [-0.05, 0) is 31.4 Å². The minimum absolute atomic E-state index is 0.0858. The number of rotatable bonds is 7. The minimum atomic E-state index is -1.00. The summed E-state index contributed by atoms with van der Waals surface area (Å²) < 4.78 is 0. The van der Waals surface area contributed by atoms with Crippen LogP contribution in [0, 0.1) is 13.8 Å². The van der Waals surface area contributed by atoms with Crippen LogP contribution < -0.4 is 5.32 Å². The van der Waals surface area contributed by atoms with Crippen molar-refractivity contribution in [2.45, 2.75) is 46.6 Å². The number of carbonyl (C=O) groups excluding carboxylic acids is 4. The summed E-state index contributed by atoms with van der Waals surface area (Å²) in [7, 11) is 1.42. The van der Waals surface area contributed by atoms with E-state index < -0.39 is 17.9 Å². The van der Waals surface area contributed by atoms with Crippen LogP contribution in [0.25, 0.3) is 0 Å². The van der Waals surface area contributed by atoms with E-state index in [-0.39, 0.29) is 12.8 Å². The molecule has 1 aromatic carbocycles. The Kier molecular flexibility index (Phi) is 9.94. The molecule has 1 atom stereocenters. The van der Waals surface area contributed by atoms with Gasteiger partial charge in [-0.3, -0.25) is 19.3 Å². The third-order valence-electron chi connectivity index (χ3n) is 3.49. The molecule has 0 aliphatic rings. The minimum Gasteiger partial charge on any atom is -0.357 e. The molecule has 1 rings (SSSR count). The van der Waals surface area contributed by atoms with Gasteiger partial charge in [-0.2, -0.15) is 0 Å². The van der Waals surface area contributed by atoms with E-state index in [0.717, 1.165) is 16.0 Å². The van der Waals surface area contributed by atoms with Crippen molar-refractivity contribution >= 4 is 24.5 Å². The molecule has 24 heavy (non-hydrogen) atoms. The van der Waals surface area contributed by atoms with Gasteiger partial charge in [0.05, 0.1) is 0 Å². The van der Waals surface area contributed by atoms with Crippen molar-refractivity contribution in [2.24, 2.45) is 0 Å². The maximum absolute atomic E-state index is 12.7. The average Bonchev–Trinajstić information content (AvgIpc) is 2.59. The Morgan fingerprint density at radius 2 is 1.71 bits per heavy atom. The Bertz CT molecular complexity index is 564. The van der Waals surface area contributed by atoms with Gasteiger partial charge in [0.2, 0.25) is 12.3 Å². The van der Waals surface area contributed by atoms with Crippen LogP contribution in [-0.4, -0.2) is 42.5 Å². The molecule has 0 saturated carbocycles. The Morgan fingerprint density at radius 1 is 1.17 bits per heavy atom. The molecular formula is C18H26N2O4. The zero-order valence-corrected chi connectivity index (χ0v) is 15.0. The van der Waals surface area contributed by atoms with Crippen LogP contribution in [-0.2, 0) is 14.4 Å². The highest BCUT2D eigenvalue weighted by Gasteiger charge is 2.30. The zero-order valence-electron chi connectivity index (χ0n) is 15.0. The van der Waals surface area contributed by atoms with Crippen molar-refractivity contribution in [3.05, 3.63) is 34.9 Å². The smallest absolute Gasteiger partial charge is 0.261 e. The summed E-state index contributed by atoms with van der Waals surface area (Å²) in [5.74, 6) is -1.02. The van der Waals surface area contributed by atoms with Gasteiger partial charge in [0, 0.05) is 19.0 Å². The van der Waals surface area contributed by atoms with E-state index in [4.69, 9.17) is 0 Å². The number of aryl methyl sites for hydroxylation is 2. The summed E-state index contributed by atoms with van der Waals surface area (Å²) in [6, 6.07) is 4.35. The van der Waals surface area contributed by atoms with Crippen molar-refractivity contribution < 1.29 is 19.2 Å². The lowest BCUT2D eigenvalue weighted by atomic mass is 10.0. The van der Waals surface area contributed by atoms with Gasteiger partial charge in [0.25, 0.3) is 5.91 Å². The van der Waals surface area contributed by atoms with Crippen LogP contribution in [0.1, 0.15) is 48.2 Å². The molecule has 3 amide bonds. The summed E-state index contributed by atoms with van der Waals surface area (Å²) >= 11 is 0. The number of amides is 3. The van der Waals surface area contributed by atoms with E-state index in [1.165, 1.54) is 7.05 Å². The molecule has 0 fully saturated rings. The largest absolute Gasteiger partial charge is 0.357 e. The molecule has 132 valence electrons. The highest BCUT2D eigenvalue weighted by Crippen LogP contribution is 2.18. The third kappa shape index (κ3) is 5.30. The fraction of sp³-hybridized carbons (Fsp3) is 0.444. The standard InChI is InChI=1S/C16H20N2O4.C2H6/c1-11-6-4-7-12(2)14(11)16(22)18(10-20)13(8-5-9-19)15(21)17-3;1-2/h4,6-7,9-10,13H,5,8H2,1-3H3,(H,17,21);1-2H3. The molecule has 0 bridgehead atoms. The average molecular weight is 334 g/mol. The van der Waals surface area contributed by atoms with Crippen LogP contribution in [0.5, 0.6) is 0 Å². The van der Waals surface area contributed by atoms with Gasteiger partial charge >= 0.3 is 0 Å². The maximum Gasteiger partial charge on any atom is 0.261 e. The van der Waals surface area contributed by atoms with Crippen LogP contribution in [0.3, 0.4) is 0 Å². The molecule has 0 aliphatic carbocycles. The van der Waals surface area contributed by atoms with E-state index in [1.54, 1.807) is 26.0 Å². The Morgan fingerprint density at radius 3 is 2.12 bits per heavy atom. The number of likely N-dealkylation sites (N-methyl/N-ethyl adjacent to an activating group) is 1. The number of hydrogen-bond donors (Lipinski definition) is 1. The summed E-state index contributed by atoms with van der Waals surface area (Å²) in [5, 5.41) is 2.42. The van der Waals surface area contributed by atoms with Crippen molar-refractivity contribution in [3.63, 3.8) is 0 Å². The van der Waals surface area contributed by atoms with Crippen molar-refractivity contribution in [1.29, 1.82) is 0 Å². The number of carbonyl (C=O) groups is 4. The molecule has 6 nitrogen and oxygen atoms in total. The van der Waals surface area contributed by atoms with E-state index in [0.29, 0.717) is 18.3 Å². The molecule has 1 aromatic rings. The van der Waals surface area contributed by atoms with E-state index in [9.17, 15) is 19.2 Å². The van der Waals surface area contributed by atoms with Crippen LogP contribution in [0.15, 0.2) is 18.2 Å². The third-order valence-corrected chi connectivity index (χ3v) is 3.49. The lowest BCUT2D eigenvalue weighted by Gasteiger charge is -2.26. The first-order valence-corrected chi connectivity index (χ1v) is 7.97. The van der Waals surface area contributed by atoms with Gasteiger partial charge in [-0.1, -0.05) is 32.0 Å². The highest BCUT2D eigenvalue weighted by atomic mass is 16.2. The van der Waals surface area contributed by atoms with Crippen molar-refractivity contribution in [1.82, 2.24) is 10.2 Å². The van der Waals surface area contributed by atoms with Crippen LogP contribution in [0.2, 0.25) is 0 Å². The Balaban J connectivity index is 0.00000254. The van der Waals surface area contributed by atoms with Gasteiger partial charge in [-0.25, -0.2) is 0 Å². The Labute approximate surface area is 143 Å². The molecule has 1 unspecified atom stereocenters. The highest BCUT2D eigenvalue weighted by molar-refractivity contribution is 6.05. The SMILES string of the molecule is CC.CNC(=O)C(CCC=O)N(C=O)C(=O)c1c(C)cccc1C. The fourth-order valence-corrected chi connectivity index (χ4v) is 2.33. The molecule has 0 heterocycles. The lowest BCUT2D eigenvalue weighted by Crippen LogP contribution is -2.48. The molecule has 1 N–H and O–H groups in total. The van der Waals surface area contributed by atoms with Crippen molar-refractivity contribution in [2.75, 3.05) is 7.05 Å². The summed E-state index contributed by atoms with van der Waals surface area (Å²) in [5.41, 5.74) is 1.85. The second-order valence-electron chi connectivity index (χ2n) is 4.96. The molecular weight excluding hydrogens is 308 g/mol. The summed E-state index contributed by atoms with van der Waals surface area (Å²) in [6.07, 6.45) is 1.18.